The third-order valence-corrected chi connectivity index (χ3v) is 6.41. The minimum Gasteiger partial charge on any atom is -0.357 e. The van der Waals surface area contributed by atoms with Gasteiger partial charge in [0.05, 0.1) is 11.4 Å². The summed E-state index contributed by atoms with van der Waals surface area (Å²) in [4.78, 5) is 3.63. The van der Waals surface area contributed by atoms with Gasteiger partial charge in [0.2, 0.25) is 10.0 Å². The first-order valence-corrected chi connectivity index (χ1v) is 9.22. The molecule has 1 aliphatic rings. The third kappa shape index (κ3) is 2.45. The van der Waals surface area contributed by atoms with Crippen LogP contribution in [0.5, 0.6) is 0 Å². The van der Waals surface area contributed by atoms with Crippen molar-refractivity contribution < 1.29 is 8.42 Å². The molecule has 4 rings (SSSR count). The Kier molecular flexibility index (Phi) is 3.44. The van der Waals surface area contributed by atoms with Crippen LogP contribution in [0, 0.1) is 0 Å². The van der Waals surface area contributed by atoms with Gasteiger partial charge in [-0.05, 0) is 42.3 Å². The lowest BCUT2D eigenvalue weighted by Crippen LogP contribution is -2.35. The molecular weight excluding hydrogens is 332 g/mol. The molecule has 0 saturated carbocycles. The number of nitrogens with zero attached hydrogens (tertiary/aromatic N) is 1. The molecule has 1 N–H and O–H groups in total. The summed E-state index contributed by atoms with van der Waals surface area (Å²) in [6, 6.07) is 14.4. The molecule has 1 aliphatic heterocycles. The van der Waals surface area contributed by atoms with Crippen molar-refractivity contribution in [3.63, 3.8) is 0 Å². The highest BCUT2D eigenvalue weighted by molar-refractivity contribution is 7.89. The predicted molar refractivity (Wildman–Crippen MR) is 91.1 cm³/mol. The van der Waals surface area contributed by atoms with Gasteiger partial charge in [-0.1, -0.05) is 29.8 Å². The molecule has 3 aromatic rings. The molecule has 4 nitrogen and oxygen atoms in total. The van der Waals surface area contributed by atoms with Crippen LogP contribution in [0.25, 0.3) is 10.9 Å². The lowest BCUT2D eigenvalue weighted by molar-refractivity contribution is 0.388. The zero-order valence-corrected chi connectivity index (χ0v) is 13.9. The van der Waals surface area contributed by atoms with Crippen molar-refractivity contribution in [1.82, 2.24) is 9.29 Å². The second kappa shape index (κ2) is 5.37. The summed E-state index contributed by atoms with van der Waals surface area (Å²) >= 11 is 5.85. The van der Waals surface area contributed by atoms with Crippen molar-refractivity contribution in [1.29, 1.82) is 0 Å². The van der Waals surface area contributed by atoms with Crippen LogP contribution in [0.4, 0.5) is 0 Å². The van der Waals surface area contributed by atoms with Gasteiger partial charge in [0.1, 0.15) is 0 Å². The first-order chi connectivity index (χ1) is 11.1. The topological polar surface area (TPSA) is 53.2 Å². The number of halogens is 1. The summed E-state index contributed by atoms with van der Waals surface area (Å²) in [5.41, 5.74) is 3.27. The fourth-order valence-corrected chi connectivity index (χ4v) is 4.66. The summed E-state index contributed by atoms with van der Waals surface area (Å²) in [7, 11) is -3.50. The summed E-state index contributed by atoms with van der Waals surface area (Å²) in [6.45, 7) is 0.856. The van der Waals surface area contributed by atoms with E-state index in [-0.39, 0.29) is 4.90 Å². The molecular formula is C17H15ClN2O2S. The van der Waals surface area contributed by atoms with Crippen LogP contribution in [0.15, 0.2) is 53.4 Å². The lowest BCUT2D eigenvalue weighted by atomic mass is 10.1. The number of para-hydroxylation sites is 1. The molecule has 0 spiro atoms. The van der Waals surface area contributed by atoms with Gasteiger partial charge < -0.3 is 4.98 Å². The van der Waals surface area contributed by atoms with Gasteiger partial charge in [0.15, 0.2) is 0 Å². The van der Waals surface area contributed by atoms with E-state index in [0.29, 0.717) is 24.5 Å². The Balaban J connectivity index is 1.71. The fraction of sp³-hybridized carbons (Fsp3) is 0.176. The number of rotatable bonds is 2. The molecule has 0 aliphatic carbocycles. The van der Waals surface area contributed by atoms with Gasteiger partial charge in [-0.2, -0.15) is 4.31 Å². The highest BCUT2D eigenvalue weighted by Gasteiger charge is 2.29. The van der Waals surface area contributed by atoms with Gasteiger partial charge >= 0.3 is 0 Å². The van der Waals surface area contributed by atoms with Crippen LogP contribution < -0.4 is 0 Å². The molecule has 0 bridgehead atoms. The van der Waals surface area contributed by atoms with E-state index in [1.807, 2.05) is 18.2 Å². The lowest BCUT2D eigenvalue weighted by Gasteiger charge is -2.26. The summed E-state index contributed by atoms with van der Waals surface area (Å²) in [5.74, 6) is 0. The summed E-state index contributed by atoms with van der Waals surface area (Å²) in [6.07, 6.45) is 0.714. The van der Waals surface area contributed by atoms with E-state index < -0.39 is 10.0 Å². The number of hydrogen-bond donors (Lipinski definition) is 1. The summed E-state index contributed by atoms with van der Waals surface area (Å²) < 4.78 is 27.1. The number of H-pyrrole nitrogens is 1. The van der Waals surface area contributed by atoms with Crippen LogP contribution in [0.3, 0.4) is 0 Å². The van der Waals surface area contributed by atoms with E-state index in [1.54, 1.807) is 24.3 Å². The van der Waals surface area contributed by atoms with Crippen LogP contribution in [-0.2, 0) is 23.0 Å². The number of hydrogen-bond acceptors (Lipinski definition) is 2. The Morgan fingerprint density at radius 2 is 1.78 bits per heavy atom. The van der Waals surface area contributed by atoms with E-state index in [9.17, 15) is 8.42 Å². The average Bonchev–Trinajstić information content (AvgIpc) is 2.93. The van der Waals surface area contributed by atoms with E-state index in [4.69, 9.17) is 11.6 Å². The highest BCUT2D eigenvalue weighted by atomic mass is 35.5. The van der Waals surface area contributed by atoms with Crippen LogP contribution >= 0.6 is 11.6 Å². The first kappa shape index (κ1) is 14.8. The van der Waals surface area contributed by atoms with Crippen LogP contribution in [0.1, 0.15) is 11.3 Å². The third-order valence-electron chi connectivity index (χ3n) is 4.30. The molecule has 1 aromatic heterocycles. The summed E-state index contributed by atoms with van der Waals surface area (Å²) in [5, 5.41) is 1.71. The quantitative estimate of drug-likeness (QED) is 0.771. The molecule has 118 valence electrons. The van der Waals surface area contributed by atoms with E-state index in [1.165, 1.54) is 15.3 Å². The molecule has 0 saturated heterocycles. The van der Waals surface area contributed by atoms with Crippen molar-refractivity contribution in [2.45, 2.75) is 17.9 Å². The molecule has 2 heterocycles. The van der Waals surface area contributed by atoms with Gasteiger partial charge in [0.25, 0.3) is 0 Å². The molecule has 0 fully saturated rings. The fourth-order valence-electron chi connectivity index (χ4n) is 3.13. The van der Waals surface area contributed by atoms with E-state index in [2.05, 4.69) is 11.1 Å². The van der Waals surface area contributed by atoms with E-state index >= 15 is 0 Å². The van der Waals surface area contributed by atoms with Gasteiger partial charge in [-0.25, -0.2) is 8.42 Å². The minimum atomic E-state index is -3.50. The molecule has 0 atom stereocenters. The molecule has 6 heteroatoms. The number of benzene rings is 2. The maximum absolute atomic E-state index is 12.8. The molecule has 2 aromatic carbocycles. The molecule has 0 radical (unpaired) electrons. The van der Waals surface area contributed by atoms with Crippen molar-refractivity contribution >= 4 is 32.5 Å². The molecule has 0 unspecified atom stereocenters. The van der Waals surface area contributed by atoms with Crippen molar-refractivity contribution in [3.05, 3.63) is 64.8 Å². The zero-order chi connectivity index (χ0) is 16.0. The predicted octanol–water partition coefficient (Wildman–Crippen LogP) is 3.57. The second-order valence-electron chi connectivity index (χ2n) is 5.67. The van der Waals surface area contributed by atoms with Crippen LogP contribution in [-0.4, -0.2) is 24.3 Å². The minimum absolute atomic E-state index is 0.279. The number of aromatic nitrogens is 1. The Bertz CT molecular complexity index is 978. The van der Waals surface area contributed by atoms with Crippen molar-refractivity contribution in [2.24, 2.45) is 0 Å². The maximum Gasteiger partial charge on any atom is 0.243 e. The largest absolute Gasteiger partial charge is 0.357 e. The molecule has 0 amide bonds. The first-order valence-electron chi connectivity index (χ1n) is 7.40. The number of aromatic amines is 1. The van der Waals surface area contributed by atoms with Crippen molar-refractivity contribution in [2.75, 3.05) is 6.54 Å². The zero-order valence-electron chi connectivity index (χ0n) is 12.3. The number of nitrogens with one attached hydrogen (secondary N) is 1. The number of sulfonamides is 1. The van der Waals surface area contributed by atoms with Crippen molar-refractivity contribution in [3.8, 4) is 0 Å². The Morgan fingerprint density at radius 3 is 2.57 bits per heavy atom. The maximum atomic E-state index is 12.8. The number of fused-ring (bicyclic) bond motifs is 3. The van der Waals surface area contributed by atoms with E-state index in [0.717, 1.165) is 11.2 Å². The standard InChI is InChI=1S/C17H15ClN2O2S/c18-12-5-7-13(8-6-12)23(21,22)20-10-9-15-14-3-1-2-4-16(14)19-17(15)11-20/h1-8,19H,9-11H2. The monoisotopic (exact) mass is 346 g/mol. The Labute approximate surface area is 139 Å². The van der Waals surface area contributed by atoms with Crippen LogP contribution in [0.2, 0.25) is 5.02 Å². The normalized spacial score (nSPS) is 15.7. The highest BCUT2D eigenvalue weighted by Crippen LogP contribution is 2.30. The second-order valence-corrected chi connectivity index (χ2v) is 8.04. The van der Waals surface area contributed by atoms with Gasteiger partial charge in [-0.15, -0.1) is 0 Å². The Hall–Kier alpha value is -1.82. The Morgan fingerprint density at radius 1 is 1.04 bits per heavy atom. The van der Waals surface area contributed by atoms with Gasteiger partial charge in [-0.3, -0.25) is 0 Å². The smallest absolute Gasteiger partial charge is 0.243 e. The SMILES string of the molecule is O=S(=O)(c1ccc(Cl)cc1)N1CCc2c([nH]c3ccccc23)C1. The van der Waals surface area contributed by atoms with Gasteiger partial charge in [0, 0.05) is 28.2 Å². The molecule has 23 heavy (non-hydrogen) atoms. The average molecular weight is 347 g/mol.